The third-order valence-corrected chi connectivity index (χ3v) is 6.69. The highest BCUT2D eigenvalue weighted by Gasteiger charge is 2.19. The van der Waals surface area contributed by atoms with E-state index in [1.54, 1.807) is 36.4 Å². The van der Waals surface area contributed by atoms with Crippen molar-refractivity contribution in [1.82, 2.24) is 4.57 Å². The maximum absolute atomic E-state index is 14.7. The number of hydrogen-bond acceptors (Lipinski definition) is 1. The molecule has 1 aromatic heterocycles. The Morgan fingerprint density at radius 3 is 2.61 bits per heavy atom. The average molecular weight is 541 g/mol. The van der Waals surface area contributed by atoms with Gasteiger partial charge in [-0.25, -0.2) is 4.39 Å². The van der Waals surface area contributed by atoms with Crippen LogP contribution in [0, 0.1) is 11.9 Å². The molecule has 0 aliphatic rings. The molecule has 5 rings (SSSR count). The first-order chi connectivity index (χ1) is 15.8. The molecule has 0 aliphatic heterocycles. The van der Waals surface area contributed by atoms with Gasteiger partial charge in [-0.2, -0.15) is 0 Å². The summed E-state index contributed by atoms with van der Waals surface area (Å²) in [7, 11) is 0. The number of carbonyl (C=O) groups is 1. The highest BCUT2D eigenvalue weighted by atomic mass is 79.9. The van der Waals surface area contributed by atoms with Crippen LogP contribution >= 0.6 is 39.1 Å². The molecule has 0 atom stereocenters. The lowest BCUT2D eigenvalue weighted by atomic mass is 10.0. The molecule has 5 aromatic rings. The number of nitrogens with zero attached hydrogens (tertiary/aromatic N) is 1. The fourth-order valence-corrected chi connectivity index (χ4v) is 4.98. The van der Waals surface area contributed by atoms with Gasteiger partial charge in [-0.15, -0.1) is 0 Å². The predicted octanol–water partition coefficient (Wildman–Crippen LogP) is 7.62. The summed E-state index contributed by atoms with van der Waals surface area (Å²) in [4.78, 5) is 12.2. The van der Waals surface area contributed by atoms with Crippen LogP contribution in [0.5, 0.6) is 0 Å². The van der Waals surface area contributed by atoms with Crippen LogP contribution in [-0.2, 0) is 6.54 Å². The molecule has 33 heavy (non-hydrogen) atoms. The number of rotatable bonds is 4. The van der Waals surface area contributed by atoms with Crippen LogP contribution in [0.3, 0.4) is 0 Å². The first-order valence-electron chi connectivity index (χ1n) is 9.99. The topological polar surface area (TPSA) is 48.0 Å². The number of hydrogen-bond donors (Lipinski definition) is 1. The Bertz CT molecular complexity index is 1580. The fraction of sp³-hybridized carbons (Fsp3) is 0.0385. The van der Waals surface area contributed by atoms with Gasteiger partial charge in [0.2, 0.25) is 5.91 Å². The Morgan fingerprint density at radius 2 is 1.88 bits per heavy atom. The Hall–Kier alpha value is -2.86. The zero-order chi connectivity index (χ0) is 23.3. The van der Waals surface area contributed by atoms with Gasteiger partial charge in [0.1, 0.15) is 5.82 Å². The van der Waals surface area contributed by atoms with Gasteiger partial charge in [-0.3, -0.25) is 4.79 Å². The highest BCUT2D eigenvalue weighted by Crippen LogP contribution is 2.37. The van der Waals surface area contributed by atoms with Gasteiger partial charge in [0, 0.05) is 42.0 Å². The number of amides is 1. The molecule has 1 radical (unpaired) electrons. The van der Waals surface area contributed by atoms with E-state index in [4.69, 9.17) is 28.9 Å². The molecule has 0 saturated carbocycles. The zero-order valence-corrected chi connectivity index (χ0v) is 20.1. The van der Waals surface area contributed by atoms with Crippen molar-refractivity contribution >= 4 is 66.8 Å². The summed E-state index contributed by atoms with van der Waals surface area (Å²) in [5.41, 5.74) is 9.73. The summed E-state index contributed by atoms with van der Waals surface area (Å²) < 4.78 is 17.4. The van der Waals surface area contributed by atoms with Gasteiger partial charge in [0.05, 0.1) is 17.6 Å². The van der Waals surface area contributed by atoms with Crippen LogP contribution in [0.2, 0.25) is 10.0 Å². The van der Waals surface area contributed by atoms with E-state index in [1.165, 1.54) is 6.07 Å². The Balaban J connectivity index is 1.81. The van der Waals surface area contributed by atoms with E-state index in [-0.39, 0.29) is 12.4 Å². The maximum atomic E-state index is 14.7. The molecule has 0 spiro atoms. The largest absolute Gasteiger partial charge is 0.366 e. The van der Waals surface area contributed by atoms with Crippen molar-refractivity contribution in [3.63, 3.8) is 0 Å². The molecule has 4 aromatic carbocycles. The zero-order valence-electron chi connectivity index (χ0n) is 17.0. The standard InChI is InChI=1S/C26H15BrCl2FN2O/c27-16-6-4-15(22(30)11-16)13-32-23-3-1-2-20(26(31)33)25(23)19-8-5-14(10-24(19)32)18-9-7-17(28)12-21(18)29/h1-7,9-12H,13H2,(H2,31,33). The maximum Gasteiger partial charge on any atom is 0.249 e. The summed E-state index contributed by atoms with van der Waals surface area (Å²) in [5, 5.41) is 2.46. The van der Waals surface area contributed by atoms with Crippen molar-refractivity contribution in [3.8, 4) is 11.1 Å². The molecule has 0 fully saturated rings. The van der Waals surface area contributed by atoms with Crippen molar-refractivity contribution in [2.75, 3.05) is 0 Å². The first-order valence-corrected chi connectivity index (χ1v) is 11.5. The summed E-state index contributed by atoms with van der Waals surface area (Å²) in [5.74, 6) is -0.862. The van der Waals surface area contributed by atoms with E-state index in [0.717, 1.165) is 27.5 Å². The van der Waals surface area contributed by atoms with E-state index in [2.05, 4.69) is 22.0 Å². The highest BCUT2D eigenvalue weighted by molar-refractivity contribution is 9.10. The molecule has 2 N–H and O–H groups in total. The molecule has 1 heterocycles. The number of primary amides is 1. The van der Waals surface area contributed by atoms with Crippen LogP contribution in [0.25, 0.3) is 32.9 Å². The van der Waals surface area contributed by atoms with E-state index in [9.17, 15) is 9.18 Å². The molecule has 163 valence electrons. The summed E-state index contributed by atoms with van der Waals surface area (Å²) in [6.45, 7) is 0.257. The molecule has 0 unspecified atom stereocenters. The van der Waals surface area contributed by atoms with Crippen molar-refractivity contribution < 1.29 is 9.18 Å². The summed E-state index contributed by atoms with van der Waals surface area (Å²) in [6, 6.07) is 22.7. The second kappa shape index (κ2) is 8.49. The number of fused-ring (bicyclic) bond motifs is 3. The van der Waals surface area contributed by atoms with Crippen molar-refractivity contribution in [2.45, 2.75) is 6.54 Å². The molecule has 0 aliphatic carbocycles. The van der Waals surface area contributed by atoms with E-state index in [1.807, 2.05) is 28.8 Å². The van der Waals surface area contributed by atoms with Crippen molar-refractivity contribution in [1.29, 1.82) is 0 Å². The van der Waals surface area contributed by atoms with E-state index in [0.29, 0.717) is 31.0 Å². The second-order valence-corrected chi connectivity index (χ2v) is 9.42. The minimum Gasteiger partial charge on any atom is -0.366 e. The summed E-state index contributed by atoms with van der Waals surface area (Å²) >= 11 is 15.8. The molecule has 7 heteroatoms. The molecular formula is C26H15BrCl2FN2O. The number of benzene rings is 4. The summed E-state index contributed by atoms with van der Waals surface area (Å²) in [6.07, 6.45) is 0. The third-order valence-electron chi connectivity index (χ3n) is 5.65. The molecule has 3 nitrogen and oxygen atoms in total. The molecular weight excluding hydrogens is 526 g/mol. The smallest absolute Gasteiger partial charge is 0.249 e. The van der Waals surface area contributed by atoms with Crippen molar-refractivity contribution in [3.05, 3.63) is 104 Å². The van der Waals surface area contributed by atoms with Crippen molar-refractivity contribution in [2.24, 2.45) is 5.73 Å². The number of carbonyl (C=O) groups excluding carboxylic acids is 1. The van der Waals surface area contributed by atoms with Gasteiger partial charge in [0.15, 0.2) is 0 Å². The van der Waals surface area contributed by atoms with Crippen LogP contribution in [0.4, 0.5) is 4.39 Å². The lowest BCUT2D eigenvalue weighted by Crippen LogP contribution is -2.11. The fourth-order valence-electron chi connectivity index (χ4n) is 4.13. The van der Waals surface area contributed by atoms with E-state index >= 15 is 0 Å². The third kappa shape index (κ3) is 3.90. The normalized spacial score (nSPS) is 11.4. The minimum atomic E-state index is -0.535. The number of aromatic nitrogens is 1. The monoisotopic (exact) mass is 539 g/mol. The Morgan fingerprint density at radius 1 is 1.06 bits per heavy atom. The Labute approximate surface area is 207 Å². The average Bonchev–Trinajstić information content (AvgIpc) is 3.08. The minimum absolute atomic E-state index is 0.257. The second-order valence-electron chi connectivity index (χ2n) is 7.66. The van der Waals surface area contributed by atoms with Gasteiger partial charge in [-0.05, 0) is 60.2 Å². The molecule has 1 amide bonds. The van der Waals surface area contributed by atoms with Crippen LogP contribution in [0.1, 0.15) is 15.9 Å². The van der Waals surface area contributed by atoms with E-state index < -0.39 is 5.91 Å². The van der Waals surface area contributed by atoms with Gasteiger partial charge < -0.3 is 10.3 Å². The quantitative estimate of drug-likeness (QED) is 0.250. The first kappa shape index (κ1) is 22.0. The van der Waals surface area contributed by atoms with Crippen LogP contribution in [0.15, 0.2) is 71.2 Å². The molecule has 0 bridgehead atoms. The molecule has 0 saturated heterocycles. The lowest BCUT2D eigenvalue weighted by Gasteiger charge is -2.11. The van der Waals surface area contributed by atoms with Gasteiger partial charge >= 0.3 is 0 Å². The lowest BCUT2D eigenvalue weighted by molar-refractivity contribution is 0.100. The number of nitrogens with two attached hydrogens (primary N) is 1. The Kier molecular flexibility index (Phi) is 5.65. The predicted molar refractivity (Wildman–Crippen MR) is 135 cm³/mol. The SMILES string of the molecule is NC(=O)c1cccc2c1c1[c]cc(-c3ccc(Cl)cc3Cl)cc1n2Cc1ccc(Br)cc1F. The van der Waals surface area contributed by atoms with Crippen LogP contribution in [-0.4, -0.2) is 10.5 Å². The number of halogens is 4. The van der Waals surface area contributed by atoms with Gasteiger partial charge in [0.25, 0.3) is 0 Å². The van der Waals surface area contributed by atoms with Crippen LogP contribution < -0.4 is 5.73 Å². The van der Waals surface area contributed by atoms with Gasteiger partial charge in [-0.1, -0.05) is 57.3 Å².